The second-order valence-electron chi connectivity index (χ2n) is 5.52. The van der Waals surface area contributed by atoms with Gasteiger partial charge in [0.25, 0.3) is 0 Å². The number of ether oxygens (including phenoxy) is 1. The molecule has 1 rings (SSSR count). The molecule has 1 aromatic rings. The summed E-state index contributed by atoms with van der Waals surface area (Å²) in [5, 5.41) is 6.69. The molecular weight excluding hydrogens is 252 g/mol. The van der Waals surface area contributed by atoms with Crippen molar-refractivity contribution in [2.75, 3.05) is 30.8 Å². The standard InChI is InChI=1S/C15H28N4O/c1-6-7-16-13-8-14(17-9-12(4)11(2)3)19-15(18-13)10-20-5/h8,11-12H,6-7,9-10H2,1-5H3,(H2,16,17,18,19). The summed E-state index contributed by atoms with van der Waals surface area (Å²) in [6, 6.07) is 1.96. The van der Waals surface area contributed by atoms with E-state index < -0.39 is 0 Å². The maximum Gasteiger partial charge on any atom is 0.158 e. The van der Waals surface area contributed by atoms with Crippen LogP contribution in [0.4, 0.5) is 11.6 Å². The maximum absolute atomic E-state index is 5.13. The lowest BCUT2D eigenvalue weighted by Crippen LogP contribution is -2.18. The van der Waals surface area contributed by atoms with Gasteiger partial charge in [-0.15, -0.1) is 0 Å². The van der Waals surface area contributed by atoms with Gasteiger partial charge in [0.15, 0.2) is 5.82 Å². The summed E-state index contributed by atoms with van der Waals surface area (Å²) in [6.07, 6.45) is 1.07. The van der Waals surface area contributed by atoms with Gasteiger partial charge >= 0.3 is 0 Å². The topological polar surface area (TPSA) is 59.1 Å². The summed E-state index contributed by atoms with van der Waals surface area (Å²) in [7, 11) is 1.66. The average molecular weight is 280 g/mol. The minimum Gasteiger partial charge on any atom is -0.377 e. The van der Waals surface area contributed by atoms with Crippen LogP contribution < -0.4 is 10.6 Å². The summed E-state index contributed by atoms with van der Waals surface area (Å²) >= 11 is 0. The first-order valence-corrected chi connectivity index (χ1v) is 7.41. The van der Waals surface area contributed by atoms with Crippen molar-refractivity contribution in [3.8, 4) is 0 Å². The Bertz CT molecular complexity index is 395. The number of hydrogen-bond donors (Lipinski definition) is 2. The molecule has 0 spiro atoms. The van der Waals surface area contributed by atoms with Gasteiger partial charge in [0, 0.05) is 26.3 Å². The number of hydrogen-bond acceptors (Lipinski definition) is 5. The Labute approximate surface area is 122 Å². The molecule has 5 heteroatoms. The van der Waals surface area contributed by atoms with Crippen molar-refractivity contribution in [3.63, 3.8) is 0 Å². The third kappa shape index (κ3) is 5.74. The largest absolute Gasteiger partial charge is 0.377 e. The van der Waals surface area contributed by atoms with Crippen LogP contribution in [-0.4, -0.2) is 30.2 Å². The molecule has 0 aliphatic rings. The summed E-state index contributed by atoms with van der Waals surface area (Å²) in [5.41, 5.74) is 0. The first-order valence-electron chi connectivity index (χ1n) is 7.41. The van der Waals surface area contributed by atoms with Gasteiger partial charge in [0.05, 0.1) is 0 Å². The number of nitrogens with one attached hydrogen (secondary N) is 2. The average Bonchev–Trinajstić information content (AvgIpc) is 2.42. The van der Waals surface area contributed by atoms with Crippen LogP contribution >= 0.6 is 0 Å². The van der Waals surface area contributed by atoms with Crippen molar-refractivity contribution in [3.05, 3.63) is 11.9 Å². The van der Waals surface area contributed by atoms with Gasteiger partial charge in [-0.2, -0.15) is 0 Å². The Morgan fingerprint density at radius 2 is 1.80 bits per heavy atom. The number of methoxy groups -OCH3 is 1. The smallest absolute Gasteiger partial charge is 0.158 e. The molecule has 1 atom stereocenters. The van der Waals surface area contributed by atoms with Crippen LogP contribution in [0.5, 0.6) is 0 Å². The molecule has 114 valence electrons. The van der Waals surface area contributed by atoms with Crippen molar-refractivity contribution in [2.45, 2.75) is 40.7 Å². The van der Waals surface area contributed by atoms with Crippen LogP contribution in [0.1, 0.15) is 39.9 Å². The van der Waals surface area contributed by atoms with Gasteiger partial charge in [0.2, 0.25) is 0 Å². The molecule has 0 radical (unpaired) electrons. The van der Waals surface area contributed by atoms with Crippen LogP contribution in [0.25, 0.3) is 0 Å². The lowest BCUT2D eigenvalue weighted by atomic mass is 9.98. The van der Waals surface area contributed by atoms with E-state index in [-0.39, 0.29) is 0 Å². The second kappa shape index (κ2) is 8.74. The number of rotatable bonds is 9. The molecule has 0 aliphatic heterocycles. The third-order valence-corrected chi connectivity index (χ3v) is 3.35. The van der Waals surface area contributed by atoms with Crippen molar-refractivity contribution in [2.24, 2.45) is 11.8 Å². The van der Waals surface area contributed by atoms with E-state index in [2.05, 4.69) is 48.3 Å². The Balaban J connectivity index is 2.74. The van der Waals surface area contributed by atoms with E-state index in [1.165, 1.54) is 0 Å². The molecule has 1 heterocycles. The Morgan fingerprint density at radius 3 is 2.35 bits per heavy atom. The van der Waals surface area contributed by atoms with E-state index in [9.17, 15) is 0 Å². The van der Waals surface area contributed by atoms with Crippen LogP contribution in [0.15, 0.2) is 6.07 Å². The molecular formula is C15H28N4O. The Hall–Kier alpha value is -1.36. The van der Waals surface area contributed by atoms with Gasteiger partial charge in [-0.3, -0.25) is 0 Å². The van der Waals surface area contributed by atoms with Gasteiger partial charge in [-0.1, -0.05) is 27.7 Å². The van der Waals surface area contributed by atoms with Crippen molar-refractivity contribution in [1.29, 1.82) is 0 Å². The molecule has 0 fully saturated rings. The highest BCUT2D eigenvalue weighted by Crippen LogP contribution is 2.15. The summed E-state index contributed by atoms with van der Waals surface area (Å²) in [6.45, 7) is 11.1. The zero-order chi connectivity index (χ0) is 15.0. The lowest BCUT2D eigenvalue weighted by Gasteiger charge is -2.17. The maximum atomic E-state index is 5.13. The quantitative estimate of drug-likeness (QED) is 0.727. The number of nitrogens with zero attached hydrogens (tertiary/aromatic N) is 2. The molecule has 1 unspecified atom stereocenters. The Morgan fingerprint density at radius 1 is 1.15 bits per heavy atom. The van der Waals surface area contributed by atoms with Gasteiger partial charge < -0.3 is 15.4 Å². The molecule has 2 N–H and O–H groups in total. The van der Waals surface area contributed by atoms with E-state index in [1.54, 1.807) is 7.11 Å². The minimum atomic E-state index is 0.427. The minimum absolute atomic E-state index is 0.427. The zero-order valence-corrected chi connectivity index (χ0v) is 13.4. The van der Waals surface area contributed by atoms with Gasteiger partial charge in [-0.05, 0) is 18.3 Å². The highest BCUT2D eigenvalue weighted by atomic mass is 16.5. The molecule has 0 bridgehead atoms. The number of aromatic nitrogens is 2. The molecule has 0 saturated carbocycles. The molecule has 0 aliphatic carbocycles. The lowest BCUT2D eigenvalue weighted by molar-refractivity contribution is 0.178. The predicted octanol–water partition coefficient (Wildman–Crippen LogP) is 3.15. The fourth-order valence-corrected chi connectivity index (χ4v) is 1.63. The van der Waals surface area contributed by atoms with Crippen LogP contribution in [0.3, 0.4) is 0 Å². The summed E-state index contributed by atoms with van der Waals surface area (Å²) in [5.74, 6) is 3.67. The monoisotopic (exact) mass is 280 g/mol. The highest BCUT2D eigenvalue weighted by Gasteiger charge is 2.09. The number of anilines is 2. The van der Waals surface area contributed by atoms with Crippen LogP contribution in [0, 0.1) is 11.8 Å². The van der Waals surface area contributed by atoms with E-state index in [0.717, 1.165) is 31.1 Å². The first kappa shape index (κ1) is 16.7. The molecule has 1 aromatic heterocycles. The van der Waals surface area contributed by atoms with E-state index in [1.807, 2.05) is 6.07 Å². The summed E-state index contributed by atoms with van der Waals surface area (Å²) < 4.78 is 5.13. The van der Waals surface area contributed by atoms with Crippen LogP contribution in [0.2, 0.25) is 0 Å². The van der Waals surface area contributed by atoms with Crippen LogP contribution in [-0.2, 0) is 11.3 Å². The van der Waals surface area contributed by atoms with E-state index >= 15 is 0 Å². The van der Waals surface area contributed by atoms with Crippen molar-refractivity contribution in [1.82, 2.24) is 9.97 Å². The van der Waals surface area contributed by atoms with Crippen molar-refractivity contribution < 1.29 is 4.74 Å². The fraction of sp³-hybridized carbons (Fsp3) is 0.733. The third-order valence-electron chi connectivity index (χ3n) is 3.35. The fourth-order valence-electron chi connectivity index (χ4n) is 1.63. The SMILES string of the molecule is CCCNc1cc(NCC(C)C(C)C)nc(COC)n1. The predicted molar refractivity (Wildman–Crippen MR) is 84.0 cm³/mol. The molecule has 20 heavy (non-hydrogen) atoms. The molecule has 0 aromatic carbocycles. The van der Waals surface area contributed by atoms with E-state index in [4.69, 9.17) is 4.74 Å². The second-order valence-corrected chi connectivity index (χ2v) is 5.52. The van der Waals surface area contributed by atoms with E-state index in [0.29, 0.717) is 24.3 Å². The normalized spacial score (nSPS) is 12.5. The zero-order valence-electron chi connectivity index (χ0n) is 13.4. The molecule has 0 amide bonds. The van der Waals surface area contributed by atoms with Gasteiger partial charge in [-0.25, -0.2) is 9.97 Å². The molecule has 5 nitrogen and oxygen atoms in total. The highest BCUT2D eigenvalue weighted by molar-refractivity contribution is 5.47. The molecule has 0 saturated heterocycles. The van der Waals surface area contributed by atoms with Crippen molar-refractivity contribution >= 4 is 11.6 Å². The van der Waals surface area contributed by atoms with Gasteiger partial charge in [0.1, 0.15) is 18.2 Å². The Kier molecular flexibility index (Phi) is 7.30. The first-order chi connectivity index (χ1) is 9.56. The summed E-state index contributed by atoms with van der Waals surface area (Å²) in [4.78, 5) is 8.91.